The van der Waals surface area contributed by atoms with Crippen LogP contribution in [-0.2, 0) is 16.1 Å². The van der Waals surface area contributed by atoms with E-state index in [4.69, 9.17) is 17.3 Å². The second-order valence-corrected chi connectivity index (χ2v) is 8.01. The Bertz CT molecular complexity index is 778. The lowest BCUT2D eigenvalue weighted by molar-refractivity contribution is -0.127. The van der Waals surface area contributed by atoms with Gasteiger partial charge in [-0.3, -0.25) is 9.59 Å². The predicted octanol–water partition coefficient (Wildman–Crippen LogP) is 2.91. The quantitative estimate of drug-likeness (QED) is 0.628. The zero-order valence-electron chi connectivity index (χ0n) is 15.4. The molecule has 1 heterocycles. The largest absolute Gasteiger partial charge is 0.348 e. The number of carbonyl (C=O) groups excluding carboxylic acids is 2. The minimum Gasteiger partial charge on any atom is -0.348 e. The molecule has 0 radical (unpaired) electrons. The van der Waals surface area contributed by atoms with Crippen LogP contribution in [0.3, 0.4) is 0 Å². The van der Waals surface area contributed by atoms with E-state index in [1.807, 2.05) is 45.0 Å². The van der Waals surface area contributed by atoms with Crippen molar-refractivity contribution in [3.8, 4) is 11.3 Å². The van der Waals surface area contributed by atoms with Crippen molar-refractivity contribution in [2.75, 3.05) is 6.54 Å². The summed E-state index contributed by atoms with van der Waals surface area (Å²) in [5.74, 6) is -0.594. The zero-order chi connectivity index (χ0) is 19.3. The summed E-state index contributed by atoms with van der Waals surface area (Å²) < 4.78 is 0. The first-order valence-electron chi connectivity index (χ1n) is 8.30. The first-order chi connectivity index (χ1) is 12.3. The SMILES string of the molecule is Cc1sc(CNC(=O)CNC(=O)[C@@H](N)C(C)C)nc1-c1ccc(Cl)cc1.Cl. The van der Waals surface area contributed by atoms with Crippen LogP contribution in [0.1, 0.15) is 23.7 Å². The molecule has 0 saturated carbocycles. The molecule has 6 nitrogen and oxygen atoms in total. The van der Waals surface area contributed by atoms with Gasteiger partial charge in [0, 0.05) is 15.5 Å². The molecule has 2 rings (SSSR count). The average Bonchev–Trinajstić information content (AvgIpc) is 2.98. The molecule has 1 aromatic heterocycles. The van der Waals surface area contributed by atoms with E-state index in [-0.39, 0.29) is 36.7 Å². The lowest BCUT2D eigenvalue weighted by atomic mass is 10.1. The Balaban J connectivity index is 0.00000364. The van der Waals surface area contributed by atoms with E-state index in [2.05, 4.69) is 15.6 Å². The van der Waals surface area contributed by atoms with Crippen LogP contribution in [-0.4, -0.2) is 29.4 Å². The minimum atomic E-state index is -0.619. The molecule has 0 bridgehead atoms. The maximum Gasteiger partial charge on any atom is 0.239 e. The van der Waals surface area contributed by atoms with Gasteiger partial charge < -0.3 is 16.4 Å². The number of nitrogens with one attached hydrogen (secondary N) is 2. The van der Waals surface area contributed by atoms with Gasteiger partial charge >= 0.3 is 0 Å². The number of carbonyl (C=O) groups is 2. The molecular formula is C18H24Cl2N4O2S. The number of hydrogen-bond donors (Lipinski definition) is 3. The molecule has 1 aromatic carbocycles. The smallest absolute Gasteiger partial charge is 0.239 e. The van der Waals surface area contributed by atoms with Gasteiger partial charge in [-0.05, 0) is 25.0 Å². The maximum absolute atomic E-state index is 11.9. The summed E-state index contributed by atoms with van der Waals surface area (Å²) in [6.45, 7) is 5.90. The number of thiazole rings is 1. The summed E-state index contributed by atoms with van der Waals surface area (Å²) >= 11 is 7.44. The molecule has 2 aromatic rings. The van der Waals surface area contributed by atoms with E-state index in [1.54, 1.807) is 0 Å². The number of benzene rings is 1. The van der Waals surface area contributed by atoms with Crippen LogP contribution in [0, 0.1) is 12.8 Å². The maximum atomic E-state index is 11.9. The standard InChI is InChI=1S/C18H23ClN4O2S.ClH/c1-10(2)16(20)18(25)22-8-14(24)21-9-15-23-17(11(3)26-15)12-4-6-13(19)7-5-12;/h4-7,10,16H,8-9,20H2,1-3H3,(H,21,24)(H,22,25);1H/t16-;/m0./s1. The molecule has 0 aliphatic carbocycles. The lowest BCUT2D eigenvalue weighted by Crippen LogP contribution is -2.47. The zero-order valence-corrected chi connectivity index (χ0v) is 17.8. The first kappa shape index (κ1) is 23.4. The number of halogens is 2. The highest BCUT2D eigenvalue weighted by Crippen LogP contribution is 2.28. The summed E-state index contributed by atoms with van der Waals surface area (Å²) in [6.07, 6.45) is 0. The molecule has 0 aliphatic rings. The van der Waals surface area contributed by atoms with E-state index >= 15 is 0 Å². The fraction of sp³-hybridized carbons (Fsp3) is 0.389. The summed E-state index contributed by atoms with van der Waals surface area (Å²) in [7, 11) is 0. The lowest BCUT2D eigenvalue weighted by Gasteiger charge is -2.14. The van der Waals surface area contributed by atoms with Crippen LogP contribution < -0.4 is 16.4 Å². The van der Waals surface area contributed by atoms with E-state index in [0.29, 0.717) is 11.6 Å². The van der Waals surface area contributed by atoms with Crippen LogP contribution >= 0.6 is 35.3 Å². The van der Waals surface area contributed by atoms with Crippen molar-refractivity contribution in [1.29, 1.82) is 0 Å². The number of rotatable bonds is 7. The normalized spacial score (nSPS) is 11.6. The fourth-order valence-electron chi connectivity index (χ4n) is 2.23. The van der Waals surface area contributed by atoms with E-state index in [0.717, 1.165) is 21.1 Å². The molecule has 2 amide bonds. The Morgan fingerprint density at radius 1 is 1.22 bits per heavy atom. The number of nitrogens with zero attached hydrogens (tertiary/aromatic N) is 1. The van der Waals surface area contributed by atoms with Crippen LogP contribution in [0.25, 0.3) is 11.3 Å². The van der Waals surface area contributed by atoms with Gasteiger partial charge in [0.15, 0.2) is 0 Å². The third kappa shape index (κ3) is 6.77. The topological polar surface area (TPSA) is 97.1 Å². The third-order valence-electron chi connectivity index (χ3n) is 3.84. The van der Waals surface area contributed by atoms with Crippen molar-refractivity contribution >= 4 is 47.2 Å². The molecule has 0 saturated heterocycles. The Labute approximate surface area is 174 Å². The van der Waals surface area contributed by atoms with Crippen molar-refractivity contribution in [3.05, 3.63) is 39.2 Å². The second-order valence-electron chi connectivity index (χ2n) is 6.28. The average molecular weight is 431 g/mol. The third-order valence-corrected chi connectivity index (χ3v) is 5.06. The Hall–Kier alpha value is -1.67. The van der Waals surface area contributed by atoms with Gasteiger partial charge in [-0.25, -0.2) is 4.98 Å². The Morgan fingerprint density at radius 3 is 2.44 bits per heavy atom. The first-order valence-corrected chi connectivity index (χ1v) is 9.49. The van der Waals surface area contributed by atoms with Gasteiger partial charge in [0.1, 0.15) is 5.01 Å². The molecule has 148 valence electrons. The summed E-state index contributed by atoms with van der Waals surface area (Å²) in [5.41, 5.74) is 7.60. The number of aromatic nitrogens is 1. The van der Waals surface area contributed by atoms with Gasteiger partial charge in [0.05, 0.1) is 24.8 Å². The number of nitrogens with two attached hydrogens (primary N) is 1. The van der Waals surface area contributed by atoms with E-state index < -0.39 is 6.04 Å². The Kier molecular flexibility index (Phi) is 9.18. The minimum absolute atomic E-state index is 0. The second kappa shape index (κ2) is 10.6. The molecule has 0 spiro atoms. The van der Waals surface area contributed by atoms with Gasteiger partial charge in [0.2, 0.25) is 11.8 Å². The van der Waals surface area contributed by atoms with Crippen molar-refractivity contribution in [2.45, 2.75) is 33.4 Å². The Morgan fingerprint density at radius 2 is 1.85 bits per heavy atom. The number of amides is 2. The van der Waals surface area contributed by atoms with E-state index in [1.165, 1.54) is 11.3 Å². The van der Waals surface area contributed by atoms with Gasteiger partial charge in [-0.1, -0.05) is 37.6 Å². The number of hydrogen-bond acceptors (Lipinski definition) is 5. The molecule has 4 N–H and O–H groups in total. The molecule has 1 atom stereocenters. The molecule has 9 heteroatoms. The van der Waals surface area contributed by atoms with Crippen LogP contribution in [0.5, 0.6) is 0 Å². The van der Waals surface area contributed by atoms with Gasteiger partial charge in [-0.2, -0.15) is 0 Å². The highest BCUT2D eigenvalue weighted by atomic mass is 35.5. The molecular weight excluding hydrogens is 407 g/mol. The molecule has 0 fully saturated rings. The molecule has 0 unspecified atom stereocenters. The van der Waals surface area contributed by atoms with Crippen LogP contribution in [0.4, 0.5) is 0 Å². The van der Waals surface area contributed by atoms with Gasteiger partial charge in [-0.15, -0.1) is 23.7 Å². The molecule has 0 aliphatic heterocycles. The number of aryl methyl sites for hydroxylation is 1. The highest BCUT2D eigenvalue weighted by Gasteiger charge is 2.17. The monoisotopic (exact) mass is 430 g/mol. The summed E-state index contributed by atoms with van der Waals surface area (Å²) in [4.78, 5) is 29.3. The van der Waals surface area contributed by atoms with Crippen molar-refractivity contribution in [2.24, 2.45) is 11.7 Å². The fourth-order valence-corrected chi connectivity index (χ4v) is 3.25. The van der Waals surface area contributed by atoms with Gasteiger partial charge in [0.25, 0.3) is 0 Å². The summed E-state index contributed by atoms with van der Waals surface area (Å²) in [5, 5.41) is 6.77. The predicted molar refractivity (Wildman–Crippen MR) is 112 cm³/mol. The van der Waals surface area contributed by atoms with E-state index in [9.17, 15) is 9.59 Å². The van der Waals surface area contributed by atoms with Crippen LogP contribution in [0.15, 0.2) is 24.3 Å². The van der Waals surface area contributed by atoms with Crippen molar-refractivity contribution in [3.63, 3.8) is 0 Å². The molecule has 27 heavy (non-hydrogen) atoms. The van der Waals surface area contributed by atoms with Crippen molar-refractivity contribution < 1.29 is 9.59 Å². The highest BCUT2D eigenvalue weighted by molar-refractivity contribution is 7.12. The van der Waals surface area contributed by atoms with Crippen LogP contribution in [0.2, 0.25) is 5.02 Å². The van der Waals surface area contributed by atoms with Crippen molar-refractivity contribution in [1.82, 2.24) is 15.6 Å². The summed E-state index contributed by atoms with van der Waals surface area (Å²) in [6, 6.07) is 6.86.